The maximum atomic E-state index is 10.8. The molecule has 100 valence electrons. The van der Waals surface area contributed by atoms with E-state index in [1.165, 1.54) is 0 Å². The molecule has 2 atom stereocenters. The summed E-state index contributed by atoms with van der Waals surface area (Å²) >= 11 is 0. The van der Waals surface area contributed by atoms with Crippen LogP contribution in [-0.4, -0.2) is 60.1 Å². The summed E-state index contributed by atoms with van der Waals surface area (Å²) < 4.78 is 53.1. The van der Waals surface area contributed by atoms with Crippen LogP contribution in [0.4, 0.5) is 0 Å². The molecular weight excluding hydrogens is 268 g/mol. The van der Waals surface area contributed by atoms with Crippen molar-refractivity contribution in [3.05, 3.63) is 0 Å². The van der Waals surface area contributed by atoms with Crippen LogP contribution in [0, 0.1) is 0 Å². The lowest BCUT2D eigenvalue weighted by molar-refractivity contribution is 0.198. The molecule has 0 bridgehead atoms. The van der Waals surface area contributed by atoms with Gasteiger partial charge in [0.25, 0.3) is 0 Å². The van der Waals surface area contributed by atoms with Gasteiger partial charge in [-0.25, -0.2) is 8.42 Å². The van der Waals surface area contributed by atoms with Crippen molar-refractivity contribution in [2.24, 2.45) is 11.5 Å². The first-order valence-electron chi connectivity index (χ1n) is 3.61. The van der Waals surface area contributed by atoms with E-state index in [9.17, 15) is 8.42 Å². The summed E-state index contributed by atoms with van der Waals surface area (Å²) in [6.07, 6.45) is -2.84. The molecule has 2 unspecified atom stereocenters. The van der Waals surface area contributed by atoms with Crippen molar-refractivity contribution in [3.8, 4) is 0 Å². The van der Waals surface area contributed by atoms with Crippen molar-refractivity contribution < 1.29 is 36.2 Å². The van der Waals surface area contributed by atoms with Gasteiger partial charge in [-0.05, 0) is 0 Å². The minimum Gasteiger partial charge on any atom is -0.378 e. The zero-order valence-electron chi connectivity index (χ0n) is 7.96. The van der Waals surface area contributed by atoms with Crippen LogP contribution in [0.5, 0.6) is 0 Å². The van der Waals surface area contributed by atoms with Crippen molar-refractivity contribution in [1.82, 2.24) is 0 Å². The quantitative estimate of drug-likeness (QED) is 0.220. The highest BCUT2D eigenvalue weighted by Gasteiger charge is 2.16. The van der Waals surface area contributed by atoms with Crippen molar-refractivity contribution in [3.63, 3.8) is 0 Å². The Labute approximate surface area is 92.4 Å². The summed E-state index contributed by atoms with van der Waals surface area (Å²) in [7, 11) is -8.20. The fraction of sp³-hybridized carbons (Fsp3) is 1.00. The number of aliphatic hydroxyl groups excluding tert-OH is 2. The van der Waals surface area contributed by atoms with E-state index in [0.29, 0.717) is 0 Å². The molecule has 0 aromatic carbocycles. The third-order valence-corrected chi connectivity index (χ3v) is 2.55. The second-order valence-electron chi connectivity index (χ2n) is 2.66. The molecule has 16 heavy (non-hydrogen) atoms. The molecule has 0 heterocycles. The van der Waals surface area contributed by atoms with Crippen molar-refractivity contribution in [2.45, 2.75) is 12.5 Å². The first kappa shape index (κ1) is 18.0. The molecule has 0 aliphatic heterocycles. The molecule has 0 radical (unpaired) electrons. The lowest BCUT2D eigenvalue weighted by atomic mass is 10.7. The number of rotatable bonds is 4. The Morgan fingerprint density at radius 3 is 1.19 bits per heavy atom. The summed E-state index contributed by atoms with van der Waals surface area (Å²) in [5, 5.41) is 17.0. The van der Waals surface area contributed by atoms with E-state index in [2.05, 4.69) is 0 Å². The van der Waals surface area contributed by atoms with Gasteiger partial charge in [-0.15, -0.1) is 0 Å². The highest BCUT2D eigenvalue weighted by Crippen LogP contribution is 1.92. The number of aliphatic hydroxyl groups is 2. The van der Waals surface area contributed by atoms with Gasteiger partial charge in [-0.1, -0.05) is 0 Å². The molecule has 12 heteroatoms. The molecule has 8 N–H and O–H groups in total. The molecule has 0 aromatic rings. The van der Waals surface area contributed by atoms with Gasteiger partial charge in [0.1, 0.15) is 12.5 Å². The normalized spacial score (nSPS) is 15.9. The number of hydrogen-bond donors (Lipinski definition) is 6. The Hall–Kier alpha value is -0.340. The molecule has 0 amide bonds. The van der Waals surface area contributed by atoms with Crippen LogP contribution in [0.15, 0.2) is 0 Å². The standard InChI is InChI=1S/C4H12N2O4S.H2O4S/c5-3(7)1-11(9,10)2-4(6)8;1-5(2,3)4/h3-4,7-8H,1-2,5-6H2;(H2,1,2,3,4). The zero-order valence-corrected chi connectivity index (χ0v) is 9.59. The lowest BCUT2D eigenvalue weighted by Crippen LogP contribution is -2.36. The van der Waals surface area contributed by atoms with Crippen molar-refractivity contribution in [2.75, 3.05) is 11.5 Å². The van der Waals surface area contributed by atoms with E-state index >= 15 is 0 Å². The molecule has 0 aliphatic carbocycles. The second-order valence-corrected chi connectivity index (χ2v) is 5.71. The summed E-state index contributed by atoms with van der Waals surface area (Å²) in [4.78, 5) is 0. The topological polar surface area (TPSA) is 201 Å². The Kier molecular flexibility index (Phi) is 7.98. The van der Waals surface area contributed by atoms with E-state index in [1.54, 1.807) is 0 Å². The van der Waals surface area contributed by atoms with Crippen LogP contribution >= 0.6 is 0 Å². The minimum atomic E-state index is -4.67. The summed E-state index contributed by atoms with van der Waals surface area (Å²) in [5.41, 5.74) is 9.62. The van der Waals surface area contributed by atoms with E-state index in [1.807, 2.05) is 0 Å². The summed E-state index contributed by atoms with van der Waals surface area (Å²) in [6.45, 7) is 0. The van der Waals surface area contributed by atoms with E-state index in [0.717, 1.165) is 0 Å². The van der Waals surface area contributed by atoms with Crippen molar-refractivity contribution >= 4 is 20.2 Å². The largest absolute Gasteiger partial charge is 0.394 e. The van der Waals surface area contributed by atoms with Crippen LogP contribution in [0.1, 0.15) is 0 Å². The van der Waals surface area contributed by atoms with E-state index in [4.69, 9.17) is 39.2 Å². The molecular formula is C4H14N2O8S2. The summed E-state index contributed by atoms with van der Waals surface area (Å²) in [5.74, 6) is -1.16. The molecule has 0 saturated carbocycles. The second kappa shape index (κ2) is 7.08. The SMILES string of the molecule is NC(O)CS(=O)(=O)CC(N)O.O=S(=O)(O)O. The van der Waals surface area contributed by atoms with Crippen LogP contribution in [0.2, 0.25) is 0 Å². The molecule has 10 nitrogen and oxygen atoms in total. The first-order valence-corrected chi connectivity index (χ1v) is 6.83. The Morgan fingerprint density at radius 1 is 0.875 bits per heavy atom. The predicted octanol–water partition coefficient (Wildman–Crippen LogP) is -3.70. The van der Waals surface area contributed by atoms with Crippen LogP contribution in [-0.2, 0) is 20.2 Å². The highest BCUT2D eigenvalue weighted by atomic mass is 32.3. The molecule has 0 saturated heterocycles. The Balaban J connectivity index is 0. The van der Waals surface area contributed by atoms with Crippen molar-refractivity contribution in [1.29, 1.82) is 0 Å². The number of nitrogens with two attached hydrogens (primary N) is 2. The molecule has 0 rings (SSSR count). The van der Waals surface area contributed by atoms with E-state index < -0.39 is 44.2 Å². The third-order valence-electron chi connectivity index (χ3n) is 0.849. The van der Waals surface area contributed by atoms with Gasteiger partial charge in [-0.2, -0.15) is 8.42 Å². The minimum absolute atomic E-state index is 0.582. The van der Waals surface area contributed by atoms with Gasteiger partial charge >= 0.3 is 10.4 Å². The molecule has 0 fully saturated rings. The average molecular weight is 282 g/mol. The number of sulfone groups is 1. The van der Waals surface area contributed by atoms with Gasteiger partial charge in [0.2, 0.25) is 0 Å². The Bertz CT molecular complexity index is 347. The smallest absolute Gasteiger partial charge is 0.378 e. The van der Waals surface area contributed by atoms with Gasteiger partial charge in [0, 0.05) is 0 Å². The summed E-state index contributed by atoms with van der Waals surface area (Å²) in [6, 6.07) is 0. The third kappa shape index (κ3) is 23.5. The van der Waals surface area contributed by atoms with Gasteiger partial charge in [0.15, 0.2) is 9.84 Å². The number of hydrogen-bond acceptors (Lipinski definition) is 8. The van der Waals surface area contributed by atoms with Crippen LogP contribution in [0.25, 0.3) is 0 Å². The molecule has 0 aliphatic rings. The highest BCUT2D eigenvalue weighted by molar-refractivity contribution is 7.91. The van der Waals surface area contributed by atoms with Crippen LogP contribution < -0.4 is 11.5 Å². The van der Waals surface area contributed by atoms with Gasteiger partial charge < -0.3 is 21.7 Å². The maximum absolute atomic E-state index is 10.8. The van der Waals surface area contributed by atoms with Crippen LogP contribution in [0.3, 0.4) is 0 Å². The van der Waals surface area contributed by atoms with E-state index in [-0.39, 0.29) is 0 Å². The lowest BCUT2D eigenvalue weighted by Gasteiger charge is -2.07. The fourth-order valence-electron chi connectivity index (χ4n) is 0.588. The maximum Gasteiger partial charge on any atom is 0.394 e. The predicted molar refractivity (Wildman–Crippen MR) is 53.2 cm³/mol. The van der Waals surface area contributed by atoms with Gasteiger partial charge in [-0.3, -0.25) is 9.11 Å². The zero-order chi connectivity index (χ0) is 13.6. The Morgan fingerprint density at radius 2 is 1.06 bits per heavy atom. The fourth-order valence-corrected chi connectivity index (χ4v) is 1.77. The molecule has 0 spiro atoms. The van der Waals surface area contributed by atoms with Gasteiger partial charge in [0.05, 0.1) is 11.5 Å². The molecule has 0 aromatic heterocycles. The first-order chi connectivity index (χ1) is 6.83. The average Bonchev–Trinajstić information content (AvgIpc) is 1.72. The monoisotopic (exact) mass is 282 g/mol.